The van der Waals surface area contributed by atoms with Gasteiger partial charge >= 0.3 is 6.61 Å². The van der Waals surface area contributed by atoms with Gasteiger partial charge in [0, 0.05) is 12.6 Å². The van der Waals surface area contributed by atoms with Gasteiger partial charge in [-0.05, 0) is 56.8 Å². The number of alkyl halides is 2. The molecule has 4 nitrogen and oxygen atoms in total. The van der Waals surface area contributed by atoms with Crippen molar-refractivity contribution in [2.75, 3.05) is 20.1 Å². The molecule has 0 bridgehead atoms. The molecule has 1 saturated carbocycles. The van der Waals surface area contributed by atoms with Gasteiger partial charge in [-0.15, -0.1) is 0 Å². The minimum absolute atomic E-state index is 0.0117. The van der Waals surface area contributed by atoms with Gasteiger partial charge in [-0.1, -0.05) is 12.1 Å². The van der Waals surface area contributed by atoms with E-state index in [0.717, 1.165) is 11.5 Å². The van der Waals surface area contributed by atoms with E-state index in [1.807, 2.05) is 7.05 Å². The Balaban J connectivity index is 1.66. The van der Waals surface area contributed by atoms with Crippen molar-refractivity contribution in [3.05, 3.63) is 29.8 Å². The molecule has 1 amide bonds. The van der Waals surface area contributed by atoms with Crippen LogP contribution in [-0.4, -0.2) is 43.6 Å². The summed E-state index contributed by atoms with van der Waals surface area (Å²) in [7, 11) is 1.98. The third-order valence-electron chi connectivity index (χ3n) is 4.28. The molecule has 1 N–H and O–H groups in total. The summed E-state index contributed by atoms with van der Waals surface area (Å²) in [5.41, 5.74) is 0.964. The van der Waals surface area contributed by atoms with Crippen molar-refractivity contribution >= 4 is 5.91 Å². The number of nitrogens with one attached hydrogen (secondary N) is 1. The number of halogens is 2. The first-order chi connectivity index (χ1) is 11.0. The Hall–Kier alpha value is -1.69. The van der Waals surface area contributed by atoms with Gasteiger partial charge in [0.1, 0.15) is 5.75 Å². The molecule has 1 unspecified atom stereocenters. The van der Waals surface area contributed by atoms with Crippen molar-refractivity contribution in [2.45, 2.75) is 38.8 Å². The van der Waals surface area contributed by atoms with Crippen LogP contribution in [0.3, 0.4) is 0 Å². The van der Waals surface area contributed by atoms with Crippen LogP contribution in [0, 0.1) is 5.92 Å². The van der Waals surface area contributed by atoms with Gasteiger partial charge in [0.05, 0.1) is 6.54 Å². The quantitative estimate of drug-likeness (QED) is 0.758. The van der Waals surface area contributed by atoms with Crippen LogP contribution in [0.4, 0.5) is 8.78 Å². The molecule has 0 radical (unpaired) electrons. The zero-order valence-corrected chi connectivity index (χ0v) is 13.6. The minimum Gasteiger partial charge on any atom is -0.435 e. The molecule has 1 fully saturated rings. The lowest BCUT2D eigenvalue weighted by molar-refractivity contribution is -0.122. The van der Waals surface area contributed by atoms with Crippen LogP contribution in [-0.2, 0) is 11.2 Å². The topological polar surface area (TPSA) is 41.6 Å². The molecule has 128 valence electrons. The molecule has 6 heteroatoms. The van der Waals surface area contributed by atoms with Crippen molar-refractivity contribution in [2.24, 2.45) is 5.92 Å². The van der Waals surface area contributed by atoms with Crippen LogP contribution < -0.4 is 10.1 Å². The van der Waals surface area contributed by atoms with Gasteiger partial charge in [0.15, 0.2) is 0 Å². The second-order valence-corrected chi connectivity index (χ2v) is 6.12. The van der Waals surface area contributed by atoms with Gasteiger partial charge in [-0.2, -0.15) is 8.78 Å². The predicted molar refractivity (Wildman–Crippen MR) is 84.6 cm³/mol. The average molecular weight is 326 g/mol. The SMILES string of the molecule is CC(C1CC1)N(C)CC(=O)NCCc1ccc(OC(F)F)cc1. The third-order valence-corrected chi connectivity index (χ3v) is 4.28. The number of ether oxygens (including phenoxy) is 1. The molecular weight excluding hydrogens is 302 g/mol. The van der Waals surface area contributed by atoms with E-state index in [4.69, 9.17) is 0 Å². The maximum absolute atomic E-state index is 12.1. The van der Waals surface area contributed by atoms with Crippen molar-refractivity contribution in [3.8, 4) is 5.75 Å². The standard InChI is InChI=1S/C17H24F2N2O2/c1-12(14-5-6-14)21(2)11-16(22)20-10-9-13-3-7-15(8-4-13)23-17(18)19/h3-4,7-8,12,14,17H,5-6,9-11H2,1-2H3,(H,20,22). The summed E-state index contributed by atoms with van der Waals surface area (Å²) in [6.45, 7) is 0.280. The number of likely N-dealkylation sites (N-methyl/N-ethyl adjacent to an activating group) is 1. The molecule has 1 aliphatic carbocycles. The fourth-order valence-electron chi connectivity index (χ4n) is 2.55. The normalized spacial score (nSPS) is 15.7. The van der Waals surface area contributed by atoms with Crippen LogP contribution in [0.25, 0.3) is 0 Å². The highest BCUT2D eigenvalue weighted by atomic mass is 19.3. The van der Waals surface area contributed by atoms with Crippen molar-refractivity contribution in [3.63, 3.8) is 0 Å². The molecule has 1 atom stereocenters. The number of rotatable bonds is 9. The van der Waals surface area contributed by atoms with E-state index in [1.54, 1.807) is 12.1 Å². The first-order valence-electron chi connectivity index (χ1n) is 7.96. The maximum Gasteiger partial charge on any atom is 0.387 e. The van der Waals surface area contributed by atoms with Crippen LogP contribution in [0.2, 0.25) is 0 Å². The largest absolute Gasteiger partial charge is 0.435 e. The molecule has 0 saturated heterocycles. The van der Waals surface area contributed by atoms with E-state index in [9.17, 15) is 13.6 Å². The molecule has 1 aromatic rings. The molecular formula is C17H24F2N2O2. The van der Waals surface area contributed by atoms with Gasteiger partial charge in [0.2, 0.25) is 5.91 Å². The van der Waals surface area contributed by atoms with E-state index in [1.165, 1.54) is 25.0 Å². The van der Waals surface area contributed by atoms with Crippen LogP contribution >= 0.6 is 0 Å². The van der Waals surface area contributed by atoms with Gasteiger partial charge in [0.25, 0.3) is 0 Å². The summed E-state index contributed by atoms with van der Waals surface area (Å²) in [6.07, 6.45) is 3.18. The van der Waals surface area contributed by atoms with E-state index >= 15 is 0 Å². The van der Waals surface area contributed by atoms with Crippen LogP contribution in [0.5, 0.6) is 5.75 Å². The molecule has 0 heterocycles. The Morgan fingerprint density at radius 1 is 1.35 bits per heavy atom. The second-order valence-electron chi connectivity index (χ2n) is 6.12. The monoisotopic (exact) mass is 326 g/mol. The summed E-state index contributed by atoms with van der Waals surface area (Å²) >= 11 is 0. The highest BCUT2D eigenvalue weighted by molar-refractivity contribution is 5.78. The fraction of sp³-hybridized carbons (Fsp3) is 0.588. The zero-order valence-electron chi connectivity index (χ0n) is 13.6. The van der Waals surface area contributed by atoms with E-state index in [-0.39, 0.29) is 11.7 Å². The maximum atomic E-state index is 12.1. The number of hydrogen-bond acceptors (Lipinski definition) is 3. The number of amides is 1. The Morgan fingerprint density at radius 2 is 2.00 bits per heavy atom. The minimum atomic E-state index is -2.81. The van der Waals surface area contributed by atoms with E-state index < -0.39 is 6.61 Å². The highest BCUT2D eigenvalue weighted by Gasteiger charge is 2.30. The Morgan fingerprint density at radius 3 is 2.57 bits per heavy atom. The molecule has 0 spiro atoms. The number of carbonyl (C=O) groups is 1. The van der Waals surface area contributed by atoms with E-state index in [0.29, 0.717) is 25.6 Å². The third kappa shape index (κ3) is 6.14. The first-order valence-corrected chi connectivity index (χ1v) is 7.96. The molecule has 1 aliphatic rings. The predicted octanol–water partition coefficient (Wildman–Crippen LogP) is 2.68. The number of nitrogens with zero attached hydrogens (tertiary/aromatic N) is 1. The Labute approximate surface area is 135 Å². The molecule has 1 aromatic carbocycles. The van der Waals surface area contributed by atoms with Crippen molar-refractivity contribution in [1.29, 1.82) is 0 Å². The number of hydrogen-bond donors (Lipinski definition) is 1. The number of benzene rings is 1. The Bertz CT molecular complexity index is 504. The van der Waals surface area contributed by atoms with Gasteiger partial charge in [-0.3, -0.25) is 9.69 Å². The smallest absolute Gasteiger partial charge is 0.387 e. The van der Waals surface area contributed by atoms with Gasteiger partial charge in [-0.25, -0.2) is 0 Å². The molecule has 0 aromatic heterocycles. The van der Waals surface area contributed by atoms with Gasteiger partial charge < -0.3 is 10.1 Å². The zero-order chi connectivity index (χ0) is 16.8. The first kappa shape index (κ1) is 17.7. The molecule has 2 rings (SSSR count). The summed E-state index contributed by atoms with van der Waals surface area (Å²) in [4.78, 5) is 14.0. The van der Waals surface area contributed by atoms with E-state index in [2.05, 4.69) is 21.9 Å². The number of carbonyl (C=O) groups excluding carboxylic acids is 1. The molecule has 0 aliphatic heterocycles. The summed E-state index contributed by atoms with van der Waals surface area (Å²) in [5, 5.41) is 2.89. The average Bonchev–Trinajstić information content (AvgIpc) is 3.32. The lowest BCUT2D eigenvalue weighted by atomic mass is 10.1. The summed E-state index contributed by atoms with van der Waals surface area (Å²) in [6, 6.07) is 6.92. The lowest BCUT2D eigenvalue weighted by Gasteiger charge is -2.23. The van der Waals surface area contributed by atoms with Crippen LogP contribution in [0.15, 0.2) is 24.3 Å². The summed E-state index contributed by atoms with van der Waals surface area (Å²) in [5.74, 6) is 0.892. The summed E-state index contributed by atoms with van der Waals surface area (Å²) < 4.78 is 28.4. The van der Waals surface area contributed by atoms with Crippen molar-refractivity contribution in [1.82, 2.24) is 10.2 Å². The highest BCUT2D eigenvalue weighted by Crippen LogP contribution is 2.34. The van der Waals surface area contributed by atoms with Crippen molar-refractivity contribution < 1.29 is 18.3 Å². The molecule has 23 heavy (non-hydrogen) atoms. The Kier molecular flexibility index (Phi) is 6.33. The fourth-order valence-corrected chi connectivity index (χ4v) is 2.55. The second kappa shape index (κ2) is 8.24. The lowest BCUT2D eigenvalue weighted by Crippen LogP contribution is -2.40. The van der Waals surface area contributed by atoms with Crippen LogP contribution in [0.1, 0.15) is 25.3 Å².